The maximum atomic E-state index is 13.3. The van der Waals surface area contributed by atoms with Gasteiger partial charge in [-0.15, -0.1) is 0 Å². The summed E-state index contributed by atoms with van der Waals surface area (Å²) in [6.45, 7) is 6.47. The van der Waals surface area contributed by atoms with E-state index in [-0.39, 0.29) is 5.41 Å². The van der Waals surface area contributed by atoms with Crippen LogP contribution in [0, 0.1) is 32.1 Å². The number of hydrogen-bond acceptors (Lipinski definition) is 1. The van der Waals surface area contributed by atoms with E-state index in [4.69, 9.17) is 0 Å². The van der Waals surface area contributed by atoms with Gasteiger partial charge in [0.1, 0.15) is 5.78 Å². The van der Waals surface area contributed by atoms with Crippen molar-refractivity contribution in [1.29, 1.82) is 0 Å². The van der Waals surface area contributed by atoms with Crippen LogP contribution in [-0.4, -0.2) is 5.78 Å². The second-order valence-corrected chi connectivity index (χ2v) is 7.82. The Kier molecular flexibility index (Phi) is 4.43. The number of carbonyl (C=O) groups is 1. The molecule has 2 saturated carbocycles. The SMILES string of the molecule is Cc1cc(C)c(CC(=O)C23CCCCC2CCCC3)c(C)c1. The number of aryl methyl sites for hydroxylation is 3. The lowest BCUT2D eigenvalue weighted by atomic mass is 9.57. The molecule has 0 radical (unpaired) electrons. The first-order valence-corrected chi connectivity index (χ1v) is 9.13. The van der Waals surface area contributed by atoms with Crippen LogP contribution in [0.4, 0.5) is 0 Å². The molecule has 0 N–H and O–H groups in total. The van der Waals surface area contributed by atoms with Crippen LogP contribution < -0.4 is 0 Å². The Morgan fingerprint density at radius 2 is 1.55 bits per heavy atom. The molecule has 0 spiro atoms. The Morgan fingerprint density at radius 1 is 1.00 bits per heavy atom. The van der Waals surface area contributed by atoms with Crippen LogP contribution in [-0.2, 0) is 11.2 Å². The Labute approximate surface area is 135 Å². The van der Waals surface area contributed by atoms with Gasteiger partial charge < -0.3 is 0 Å². The largest absolute Gasteiger partial charge is 0.299 e. The fourth-order valence-electron chi connectivity index (χ4n) is 5.22. The van der Waals surface area contributed by atoms with Gasteiger partial charge in [-0.3, -0.25) is 4.79 Å². The number of rotatable bonds is 3. The summed E-state index contributed by atoms with van der Waals surface area (Å²) >= 11 is 0. The molecule has 2 aliphatic carbocycles. The molecule has 0 amide bonds. The zero-order valence-corrected chi connectivity index (χ0v) is 14.5. The molecule has 0 aromatic heterocycles. The van der Waals surface area contributed by atoms with Gasteiger partial charge in [0.2, 0.25) is 0 Å². The second-order valence-electron chi connectivity index (χ2n) is 7.82. The van der Waals surface area contributed by atoms with Crippen LogP contribution in [0.1, 0.15) is 73.6 Å². The molecule has 3 rings (SSSR count). The van der Waals surface area contributed by atoms with E-state index < -0.39 is 0 Å². The third kappa shape index (κ3) is 2.75. The molecule has 0 bridgehead atoms. The lowest BCUT2D eigenvalue weighted by molar-refractivity contribution is -0.136. The number of fused-ring (bicyclic) bond motifs is 1. The lowest BCUT2D eigenvalue weighted by Gasteiger charge is -2.46. The van der Waals surface area contributed by atoms with Crippen LogP contribution in [0.15, 0.2) is 12.1 Å². The molecule has 1 aromatic carbocycles. The Morgan fingerprint density at radius 3 is 2.09 bits per heavy atom. The summed E-state index contributed by atoms with van der Waals surface area (Å²) in [6, 6.07) is 4.46. The Hall–Kier alpha value is -1.11. The van der Waals surface area contributed by atoms with Gasteiger partial charge in [-0.05, 0) is 69.1 Å². The van der Waals surface area contributed by atoms with Gasteiger partial charge in [-0.1, -0.05) is 43.4 Å². The van der Waals surface area contributed by atoms with Crippen molar-refractivity contribution in [2.75, 3.05) is 0 Å². The van der Waals surface area contributed by atoms with Gasteiger partial charge in [0, 0.05) is 11.8 Å². The molecule has 0 heterocycles. The molecule has 0 aliphatic heterocycles. The van der Waals surface area contributed by atoms with E-state index in [1.807, 2.05) is 0 Å². The molecule has 1 heteroatoms. The molecule has 1 aromatic rings. The highest BCUT2D eigenvalue weighted by atomic mass is 16.1. The van der Waals surface area contributed by atoms with Crippen molar-refractivity contribution >= 4 is 5.78 Å². The molecule has 0 unspecified atom stereocenters. The highest BCUT2D eigenvalue weighted by Crippen LogP contribution is 2.51. The van der Waals surface area contributed by atoms with Crippen LogP contribution in [0.5, 0.6) is 0 Å². The smallest absolute Gasteiger partial charge is 0.143 e. The molecule has 22 heavy (non-hydrogen) atoms. The van der Waals surface area contributed by atoms with Gasteiger partial charge in [0.05, 0.1) is 0 Å². The maximum absolute atomic E-state index is 13.3. The number of Topliss-reactive ketones (excluding diaryl/α,β-unsaturated/α-hetero) is 1. The van der Waals surface area contributed by atoms with Crippen molar-refractivity contribution in [3.05, 3.63) is 34.4 Å². The zero-order chi connectivity index (χ0) is 15.7. The fraction of sp³-hybridized carbons (Fsp3) is 0.667. The topological polar surface area (TPSA) is 17.1 Å². The number of hydrogen-bond donors (Lipinski definition) is 0. The van der Waals surface area contributed by atoms with Crippen LogP contribution in [0.2, 0.25) is 0 Å². The van der Waals surface area contributed by atoms with Crippen molar-refractivity contribution in [3.63, 3.8) is 0 Å². The predicted molar refractivity (Wildman–Crippen MR) is 92.2 cm³/mol. The molecule has 0 atom stereocenters. The first kappa shape index (κ1) is 15.8. The van der Waals surface area contributed by atoms with E-state index >= 15 is 0 Å². The summed E-state index contributed by atoms with van der Waals surface area (Å²) in [5.74, 6) is 1.22. The van der Waals surface area contributed by atoms with Crippen molar-refractivity contribution in [2.45, 2.75) is 78.6 Å². The van der Waals surface area contributed by atoms with Gasteiger partial charge >= 0.3 is 0 Å². The lowest BCUT2D eigenvalue weighted by Crippen LogP contribution is -2.44. The number of ketones is 1. The Balaban J connectivity index is 1.87. The molecular formula is C21H30O. The van der Waals surface area contributed by atoms with E-state index in [1.54, 1.807) is 0 Å². The summed E-state index contributed by atoms with van der Waals surface area (Å²) in [7, 11) is 0. The summed E-state index contributed by atoms with van der Waals surface area (Å²) in [5.41, 5.74) is 5.22. The average molecular weight is 298 g/mol. The van der Waals surface area contributed by atoms with Crippen LogP contribution in [0.3, 0.4) is 0 Å². The summed E-state index contributed by atoms with van der Waals surface area (Å²) in [6.07, 6.45) is 10.7. The van der Waals surface area contributed by atoms with E-state index in [1.165, 1.54) is 60.8 Å². The normalized spacial score (nSPS) is 28.2. The van der Waals surface area contributed by atoms with Gasteiger partial charge in [0.15, 0.2) is 0 Å². The van der Waals surface area contributed by atoms with Gasteiger partial charge in [0.25, 0.3) is 0 Å². The van der Waals surface area contributed by atoms with Gasteiger partial charge in [-0.2, -0.15) is 0 Å². The molecular weight excluding hydrogens is 268 g/mol. The minimum Gasteiger partial charge on any atom is -0.299 e. The van der Waals surface area contributed by atoms with Crippen molar-refractivity contribution < 1.29 is 4.79 Å². The van der Waals surface area contributed by atoms with Crippen LogP contribution in [0.25, 0.3) is 0 Å². The summed E-state index contributed by atoms with van der Waals surface area (Å²) < 4.78 is 0. The monoisotopic (exact) mass is 298 g/mol. The third-order valence-corrected chi connectivity index (χ3v) is 6.37. The fourth-order valence-corrected chi connectivity index (χ4v) is 5.22. The van der Waals surface area contributed by atoms with Crippen LogP contribution >= 0.6 is 0 Å². The molecule has 2 fully saturated rings. The molecule has 1 nitrogen and oxygen atoms in total. The first-order valence-electron chi connectivity index (χ1n) is 9.13. The summed E-state index contributed by atoms with van der Waals surface area (Å²) in [5, 5.41) is 0. The van der Waals surface area contributed by atoms with E-state index in [0.717, 1.165) is 12.8 Å². The third-order valence-electron chi connectivity index (χ3n) is 6.37. The van der Waals surface area contributed by atoms with Crippen molar-refractivity contribution in [3.8, 4) is 0 Å². The quantitative estimate of drug-likeness (QED) is 0.722. The maximum Gasteiger partial charge on any atom is 0.143 e. The second kappa shape index (κ2) is 6.18. The van der Waals surface area contributed by atoms with E-state index in [0.29, 0.717) is 18.1 Å². The first-order chi connectivity index (χ1) is 10.5. The highest BCUT2D eigenvalue weighted by Gasteiger charge is 2.47. The number of benzene rings is 1. The molecule has 2 aliphatic rings. The summed E-state index contributed by atoms with van der Waals surface area (Å²) in [4.78, 5) is 13.3. The zero-order valence-electron chi connectivity index (χ0n) is 14.5. The van der Waals surface area contributed by atoms with Crippen molar-refractivity contribution in [1.82, 2.24) is 0 Å². The minimum absolute atomic E-state index is 0.0280. The molecule has 120 valence electrons. The predicted octanol–water partition coefficient (Wildman–Crippen LogP) is 5.47. The minimum atomic E-state index is 0.0280. The van der Waals surface area contributed by atoms with Crippen molar-refractivity contribution in [2.24, 2.45) is 11.3 Å². The Bertz CT molecular complexity index is 534. The highest BCUT2D eigenvalue weighted by molar-refractivity contribution is 5.88. The molecule has 0 saturated heterocycles. The standard InChI is InChI=1S/C21H30O/c1-15-12-16(2)19(17(3)13-15)14-20(22)21-10-6-4-8-18(21)9-5-7-11-21/h12-13,18H,4-11,14H2,1-3H3. The van der Waals surface area contributed by atoms with E-state index in [2.05, 4.69) is 32.9 Å². The van der Waals surface area contributed by atoms with Gasteiger partial charge in [-0.25, -0.2) is 0 Å². The number of carbonyl (C=O) groups excluding carboxylic acids is 1. The average Bonchev–Trinajstić information content (AvgIpc) is 2.50. The van der Waals surface area contributed by atoms with E-state index in [9.17, 15) is 4.79 Å².